The number of carbonyl (C=O) groups is 1. The molecule has 0 bridgehead atoms. The summed E-state index contributed by atoms with van der Waals surface area (Å²) in [7, 11) is 1.34. The Labute approximate surface area is 111 Å². The Bertz CT molecular complexity index is 621. The smallest absolute Gasteiger partial charge is 0.337 e. The SMILES string of the molecule is C#Cc1ccccc1Oc1ccc(C(=O)OC)cc1. The first-order valence-corrected chi connectivity index (χ1v) is 5.66. The van der Waals surface area contributed by atoms with Crippen LogP contribution in [0.3, 0.4) is 0 Å². The Morgan fingerprint density at radius 3 is 2.42 bits per heavy atom. The van der Waals surface area contributed by atoms with Crippen molar-refractivity contribution in [2.75, 3.05) is 7.11 Å². The van der Waals surface area contributed by atoms with E-state index in [4.69, 9.17) is 11.2 Å². The van der Waals surface area contributed by atoms with Crippen molar-refractivity contribution in [1.82, 2.24) is 0 Å². The number of methoxy groups -OCH3 is 1. The number of para-hydroxylation sites is 1. The molecule has 2 aromatic rings. The van der Waals surface area contributed by atoms with Crippen LogP contribution in [0.25, 0.3) is 0 Å². The lowest BCUT2D eigenvalue weighted by Crippen LogP contribution is -2.00. The highest BCUT2D eigenvalue weighted by molar-refractivity contribution is 5.89. The Kier molecular flexibility index (Phi) is 3.84. The molecule has 94 valence electrons. The summed E-state index contributed by atoms with van der Waals surface area (Å²) in [4.78, 5) is 11.3. The topological polar surface area (TPSA) is 35.5 Å². The number of hydrogen-bond acceptors (Lipinski definition) is 3. The molecule has 0 unspecified atom stereocenters. The largest absolute Gasteiger partial charge is 0.465 e. The third-order valence-electron chi connectivity index (χ3n) is 2.55. The van der Waals surface area contributed by atoms with Crippen LogP contribution in [-0.2, 0) is 4.74 Å². The van der Waals surface area contributed by atoms with Gasteiger partial charge in [-0.3, -0.25) is 0 Å². The van der Waals surface area contributed by atoms with E-state index in [-0.39, 0.29) is 5.97 Å². The molecule has 2 aromatic carbocycles. The summed E-state index contributed by atoms with van der Waals surface area (Å²) in [5, 5.41) is 0. The van der Waals surface area contributed by atoms with Crippen molar-refractivity contribution in [1.29, 1.82) is 0 Å². The van der Waals surface area contributed by atoms with Gasteiger partial charge in [-0.05, 0) is 36.4 Å². The highest BCUT2D eigenvalue weighted by Crippen LogP contribution is 2.24. The molecule has 19 heavy (non-hydrogen) atoms. The molecule has 0 N–H and O–H groups in total. The molecular formula is C16H12O3. The van der Waals surface area contributed by atoms with E-state index in [2.05, 4.69) is 10.7 Å². The fraction of sp³-hybridized carbons (Fsp3) is 0.0625. The number of benzene rings is 2. The summed E-state index contributed by atoms with van der Waals surface area (Å²) in [6.45, 7) is 0. The average molecular weight is 252 g/mol. The monoisotopic (exact) mass is 252 g/mol. The number of hydrogen-bond donors (Lipinski definition) is 0. The van der Waals surface area contributed by atoms with E-state index in [0.29, 0.717) is 22.6 Å². The maximum absolute atomic E-state index is 11.3. The van der Waals surface area contributed by atoms with Crippen LogP contribution < -0.4 is 4.74 Å². The van der Waals surface area contributed by atoms with Gasteiger partial charge in [0.05, 0.1) is 18.2 Å². The first-order valence-electron chi connectivity index (χ1n) is 5.66. The van der Waals surface area contributed by atoms with Crippen LogP contribution >= 0.6 is 0 Å². The second-order valence-corrected chi connectivity index (χ2v) is 3.76. The van der Waals surface area contributed by atoms with E-state index >= 15 is 0 Å². The van der Waals surface area contributed by atoms with Crippen LogP contribution in [0.2, 0.25) is 0 Å². The van der Waals surface area contributed by atoms with Gasteiger partial charge in [0.15, 0.2) is 0 Å². The lowest BCUT2D eigenvalue weighted by molar-refractivity contribution is 0.0600. The molecule has 0 saturated carbocycles. The van der Waals surface area contributed by atoms with Gasteiger partial charge in [0.1, 0.15) is 11.5 Å². The summed E-state index contributed by atoms with van der Waals surface area (Å²) in [5.74, 6) is 3.39. The second kappa shape index (κ2) is 5.74. The zero-order valence-corrected chi connectivity index (χ0v) is 10.4. The summed E-state index contributed by atoms with van der Waals surface area (Å²) in [6.07, 6.45) is 5.39. The van der Waals surface area contributed by atoms with Crippen LogP contribution in [0, 0.1) is 12.3 Å². The molecule has 0 fully saturated rings. The fourth-order valence-corrected chi connectivity index (χ4v) is 1.58. The van der Waals surface area contributed by atoms with E-state index < -0.39 is 0 Å². The quantitative estimate of drug-likeness (QED) is 0.621. The summed E-state index contributed by atoms with van der Waals surface area (Å²) >= 11 is 0. The maximum Gasteiger partial charge on any atom is 0.337 e. The molecule has 0 aliphatic carbocycles. The maximum atomic E-state index is 11.3. The van der Waals surface area contributed by atoms with Gasteiger partial charge in [-0.15, -0.1) is 6.42 Å². The van der Waals surface area contributed by atoms with Gasteiger partial charge in [-0.2, -0.15) is 0 Å². The summed E-state index contributed by atoms with van der Waals surface area (Å²) in [5.41, 5.74) is 1.15. The van der Waals surface area contributed by atoms with Crippen LogP contribution in [0.15, 0.2) is 48.5 Å². The highest BCUT2D eigenvalue weighted by atomic mass is 16.5. The Morgan fingerprint density at radius 2 is 1.79 bits per heavy atom. The molecular weight excluding hydrogens is 240 g/mol. The average Bonchev–Trinajstić information content (AvgIpc) is 2.48. The first kappa shape index (κ1) is 12.7. The third kappa shape index (κ3) is 2.93. The van der Waals surface area contributed by atoms with Crippen molar-refractivity contribution in [3.63, 3.8) is 0 Å². The molecule has 0 aromatic heterocycles. The van der Waals surface area contributed by atoms with Crippen molar-refractivity contribution in [3.8, 4) is 23.8 Å². The van der Waals surface area contributed by atoms with Crippen molar-refractivity contribution in [2.45, 2.75) is 0 Å². The van der Waals surface area contributed by atoms with E-state index in [9.17, 15) is 4.79 Å². The molecule has 2 rings (SSSR count). The zero-order chi connectivity index (χ0) is 13.7. The van der Waals surface area contributed by atoms with Gasteiger partial charge in [-0.25, -0.2) is 4.79 Å². The predicted molar refractivity (Wildman–Crippen MR) is 72.2 cm³/mol. The minimum Gasteiger partial charge on any atom is -0.465 e. The molecule has 0 aliphatic heterocycles. The van der Waals surface area contributed by atoms with Crippen molar-refractivity contribution >= 4 is 5.97 Å². The number of carbonyl (C=O) groups excluding carboxylic acids is 1. The van der Waals surface area contributed by atoms with E-state index in [1.54, 1.807) is 36.4 Å². The Morgan fingerprint density at radius 1 is 1.11 bits per heavy atom. The van der Waals surface area contributed by atoms with Crippen molar-refractivity contribution < 1.29 is 14.3 Å². The van der Waals surface area contributed by atoms with E-state index in [1.807, 2.05) is 12.1 Å². The lowest BCUT2D eigenvalue weighted by Gasteiger charge is -2.08. The third-order valence-corrected chi connectivity index (χ3v) is 2.55. The van der Waals surface area contributed by atoms with Crippen LogP contribution in [-0.4, -0.2) is 13.1 Å². The fourth-order valence-electron chi connectivity index (χ4n) is 1.58. The molecule has 0 heterocycles. The van der Waals surface area contributed by atoms with E-state index in [1.165, 1.54) is 7.11 Å². The Balaban J connectivity index is 2.20. The number of esters is 1. The van der Waals surface area contributed by atoms with Crippen LogP contribution in [0.1, 0.15) is 15.9 Å². The lowest BCUT2D eigenvalue weighted by atomic mass is 10.2. The first-order chi connectivity index (χ1) is 9.24. The van der Waals surface area contributed by atoms with Gasteiger partial charge in [0.25, 0.3) is 0 Å². The van der Waals surface area contributed by atoms with Crippen molar-refractivity contribution in [3.05, 3.63) is 59.7 Å². The molecule has 0 radical (unpaired) electrons. The minimum atomic E-state index is -0.379. The van der Waals surface area contributed by atoms with E-state index in [0.717, 1.165) is 0 Å². The van der Waals surface area contributed by atoms with Crippen molar-refractivity contribution in [2.24, 2.45) is 0 Å². The second-order valence-electron chi connectivity index (χ2n) is 3.76. The number of terminal acetylenes is 1. The Hall–Kier alpha value is -2.73. The van der Waals surface area contributed by atoms with Gasteiger partial charge in [-0.1, -0.05) is 18.1 Å². The predicted octanol–water partition coefficient (Wildman–Crippen LogP) is 3.25. The zero-order valence-electron chi connectivity index (χ0n) is 10.4. The van der Waals surface area contributed by atoms with Gasteiger partial charge < -0.3 is 9.47 Å². The molecule has 3 nitrogen and oxygen atoms in total. The van der Waals surface area contributed by atoms with Gasteiger partial charge in [0, 0.05) is 0 Å². The molecule has 0 saturated heterocycles. The van der Waals surface area contributed by atoms with Gasteiger partial charge >= 0.3 is 5.97 Å². The number of rotatable bonds is 3. The number of ether oxygens (including phenoxy) is 2. The molecule has 0 spiro atoms. The molecule has 0 aliphatic rings. The molecule has 0 amide bonds. The normalized spacial score (nSPS) is 9.47. The van der Waals surface area contributed by atoms with Gasteiger partial charge in [0.2, 0.25) is 0 Å². The van der Waals surface area contributed by atoms with Crippen LogP contribution in [0.5, 0.6) is 11.5 Å². The molecule has 3 heteroatoms. The minimum absolute atomic E-state index is 0.379. The summed E-state index contributed by atoms with van der Waals surface area (Å²) in [6, 6.07) is 14.0. The summed E-state index contributed by atoms with van der Waals surface area (Å²) < 4.78 is 10.3. The van der Waals surface area contributed by atoms with Crippen LogP contribution in [0.4, 0.5) is 0 Å². The molecule has 0 atom stereocenters. The highest BCUT2D eigenvalue weighted by Gasteiger charge is 2.06. The standard InChI is InChI=1S/C16H12O3/c1-3-12-6-4-5-7-15(12)19-14-10-8-13(9-11-14)16(17)18-2/h1,4-11H,2H3.